The average Bonchev–Trinajstić information content (AvgIpc) is 2.92. The molecule has 0 aliphatic carbocycles. The summed E-state index contributed by atoms with van der Waals surface area (Å²) >= 11 is 0. The fourth-order valence-electron chi connectivity index (χ4n) is 5.00. The molecule has 2 heterocycles. The van der Waals surface area contributed by atoms with E-state index in [1.807, 2.05) is 60.0 Å². The third-order valence-corrected chi connectivity index (χ3v) is 6.79. The van der Waals surface area contributed by atoms with Gasteiger partial charge in [-0.3, -0.25) is 14.3 Å². The first kappa shape index (κ1) is 23.7. The van der Waals surface area contributed by atoms with Crippen LogP contribution >= 0.6 is 0 Å². The van der Waals surface area contributed by atoms with E-state index in [0.29, 0.717) is 24.4 Å². The van der Waals surface area contributed by atoms with Gasteiger partial charge in [-0.15, -0.1) is 0 Å². The summed E-state index contributed by atoms with van der Waals surface area (Å²) in [5, 5.41) is 0. The molecule has 0 atom stereocenters. The summed E-state index contributed by atoms with van der Waals surface area (Å²) in [6.07, 6.45) is 0.651. The van der Waals surface area contributed by atoms with Crippen LogP contribution in [0.2, 0.25) is 0 Å². The summed E-state index contributed by atoms with van der Waals surface area (Å²) in [5.41, 5.74) is 5.45. The number of esters is 1. The van der Waals surface area contributed by atoms with Crippen molar-refractivity contribution in [3.05, 3.63) is 135 Å². The van der Waals surface area contributed by atoms with Gasteiger partial charge in [0.15, 0.2) is 0 Å². The number of aryl methyl sites for hydroxylation is 1. The standard InChI is InChI=1S/C30H29N3O3/c1-21-31-27-20-32(19-22-13-15-25(16-14-22)30(35)36-2)18-17-26(27)29(34)33(21)28(23-9-5-3-6-10-23)24-11-7-4-8-12-24/h3-16,28H,17-20H2,1-2H3. The van der Waals surface area contributed by atoms with E-state index in [9.17, 15) is 9.59 Å². The zero-order valence-corrected chi connectivity index (χ0v) is 20.6. The van der Waals surface area contributed by atoms with Crippen LogP contribution in [-0.2, 0) is 24.2 Å². The summed E-state index contributed by atoms with van der Waals surface area (Å²) in [6.45, 7) is 4.03. The van der Waals surface area contributed by atoms with Crippen LogP contribution in [-0.4, -0.2) is 34.1 Å². The highest BCUT2D eigenvalue weighted by molar-refractivity contribution is 5.89. The van der Waals surface area contributed by atoms with Gasteiger partial charge in [0, 0.05) is 25.2 Å². The summed E-state index contributed by atoms with van der Waals surface area (Å²) in [7, 11) is 1.38. The predicted octanol–water partition coefficient (Wildman–Crippen LogP) is 4.53. The second-order valence-electron chi connectivity index (χ2n) is 9.13. The van der Waals surface area contributed by atoms with Crippen molar-refractivity contribution in [3.63, 3.8) is 0 Å². The van der Waals surface area contributed by atoms with Crippen LogP contribution in [0, 0.1) is 6.92 Å². The van der Waals surface area contributed by atoms with Crippen molar-refractivity contribution >= 4 is 5.97 Å². The van der Waals surface area contributed by atoms with Crippen LogP contribution in [0.1, 0.15) is 50.2 Å². The molecule has 0 saturated carbocycles. The van der Waals surface area contributed by atoms with Gasteiger partial charge in [-0.25, -0.2) is 9.78 Å². The predicted molar refractivity (Wildman–Crippen MR) is 139 cm³/mol. The zero-order valence-electron chi connectivity index (χ0n) is 20.6. The van der Waals surface area contributed by atoms with E-state index in [-0.39, 0.29) is 17.6 Å². The van der Waals surface area contributed by atoms with Crippen molar-refractivity contribution in [3.8, 4) is 0 Å². The Balaban J connectivity index is 1.45. The lowest BCUT2D eigenvalue weighted by Gasteiger charge is -2.30. The van der Waals surface area contributed by atoms with E-state index < -0.39 is 0 Å². The largest absolute Gasteiger partial charge is 0.465 e. The van der Waals surface area contributed by atoms with E-state index >= 15 is 0 Å². The maximum absolute atomic E-state index is 13.9. The molecule has 6 heteroatoms. The van der Waals surface area contributed by atoms with Gasteiger partial charge >= 0.3 is 5.97 Å². The van der Waals surface area contributed by atoms with Gasteiger partial charge in [0.25, 0.3) is 5.56 Å². The molecule has 0 radical (unpaired) electrons. The molecule has 0 saturated heterocycles. The van der Waals surface area contributed by atoms with Crippen molar-refractivity contribution < 1.29 is 9.53 Å². The Hall–Kier alpha value is -4.03. The number of carbonyl (C=O) groups is 1. The van der Waals surface area contributed by atoms with Gasteiger partial charge in [-0.2, -0.15) is 0 Å². The topological polar surface area (TPSA) is 64.4 Å². The average molecular weight is 480 g/mol. The molecular formula is C30H29N3O3. The van der Waals surface area contributed by atoms with E-state index in [1.165, 1.54) is 7.11 Å². The summed E-state index contributed by atoms with van der Waals surface area (Å²) in [5.74, 6) is 0.370. The lowest BCUT2D eigenvalue weighted by Crippen LogP contribution is -2.39. The van der Waals surface area contributed by atoms with Crippen LogP contribution in [0.4, 0.5) is 0 Å². The fraction of sp³-hybridized carbons (Fsp3) is 0.233. The van der Waals surface area contributed by atoms with E-state index in [2.05, 4.69) is 29.2 Å². The number of aromatic nitrogens is 2. The Morgan fingerprint density at radius 3 is 2.14 bits per heavy atom. The van der Waals surface area contributed by atoms with E-state index in [0.717, 1.165) is 41.0 Å². The van der Waals surface area contributed by atoms with Crippen LogP contribution in [0.15, 0.2) is 89.7 Å². The Morgan fingerprint density at radius 1 is 0.944 bits per heavy atom. The lowest BCUT2D eigenvalue weighted by molar-refractivity contribution is 0.0600. The molecule has 0 unspecified atom stereocenters. The van der Waals surface area contributed by atoms with Gasteiger partial charge < -0.3 is 4.74 Å². The number of carbonyl (C=O) groups excluding carboxylic acids is 1. The van der Waals surface area contributed by atoms with Gasteiger partial charge in [-0.1, -0.05) is 72.8 Å². The van der Waals surface area contributed by atoms with Crippen molar-refractivity contribution in [2.24, 2.45) is 0 Å². The SMILES string of the molecule is COC(=O)c1ccc(CN2CCc3c(nc(C)n(C(c4ccccc4)c4ccccc4)c3=O)C2)cc1. The van der Waals surface area contributed by atoms with Crippen LogP contribution in [0.25, 0.3) is 0 Å². The normalized spacial score (nSPS) is 13.4. The molecule has 1 aliphatic heterocycles. The number of benzene rings is 3. The number of methoxy groups -OCH3 is 1. The number of nitrogens with zero attached hydrogens (tertiary/aromatic N) is 3. The van der Waals surface area contributed by atoms with Gasteiger partial charge in [0.05, 0.1) is 24.4 Å². The molecule has 4 aromatic rings. The van der Waals surface area contributed by atoms with Gasteiger partial charge in [-0.05, 0) is 42.2 Å². The first-order valence-electron chi connectivity index (χ1n) is 12.2. The molecule has 0 amide bonds. The molecule has 5 rings (SSSR count). The third kappa shape index (κ3) is 4.72. The number of ether oxygens (including phenoxy) is 1. The Morgan fingerprint density at radius 2 is 1.56 bits per heavy atom. The van der Waals surface area contributed by atoms with Crippen molar-refractivity contribution in [2.45, 2.75) is 32.5 Å². The van der Waals surface area contributed by atoms with E-state index in [1.54, 1.807) is 12.1 Å². The second-order valence-corrected chi connectivity index (χ2v) is 9.13. The fourth-order valence-corrected chi connectivity index (χ4v) is 5.00. The lowest BCUT2D eigenvalue weighted by atomic mass is 9.97. The van der Waals surface area contributed by atoms with Crippen LogP contribution < -0.4 is 5.56 Å². The van der Waals surface area contributed by atoms with Gasteiger partial charge in [0.2, 0.25) is 0 Å². The first-order valence-corrected chi connectivity index (χ1v) is 12.2. The quantitative estimate of drug-likeness (QED) is 0.380. The number of fused-ring (bicyclic) bond motifs is 1. The summed E-state index contributed by atoms with van der Waals surface area (Å²) < 4.78 is 6.63. The highest BCUT2D eigenvalue weighted by atomic mass is 16.5. The van der Waals surface area contributed by atoms with Crippen molar-refractivity contribution in [1.82, 2.24) is 14.5 Å². The molecule has 0 N–H and O–H groups in total. The number of rotatable bonds is 6. The highest BCUT2D eigenvalue weighted by Crippen LogP contribution is 2.27. The molecule has 0 spiro atoms. The number of hydrogen-bond donors (Lipinski definition) is 0. The molecular weight excluding hydrogens is 450 g/mol. The Labute approximate surface area is 210 Å². The smallest absolute Gasteiger partial charge is 0.337 e. The van der Waals surface area contributed by atoms with E-state index in [4.69, 9.17) is 9.72 Å². The Kier molecular flexibility index (Phi) is 6.78. The number of hydrogen-bond acceptors (Lipinski definition) is 5. The molecule has 36 heavy (non-hydrogen) atoms. The molecule has 3 aromatic carbocycles. The van der Waals surface area contributed by atoms with Gasteiger partial charge in [0.1, 0.15) is 5.82 Å². The summed E-state index contributed by atoms with van der Waals surface area (Å²) in [6, 6.07) is 27.5. The maximum Gasteiger partial charge on any atom is 0.337 e. The highest BCUT2D eigenvalue weighted by Gasteiger charge is 2.26. The molecule has 182 valence electrons. The van der Waals surface area contributed by atoms with Crippen molar-refractivity contribution in [2.75, 3.05) is 13.7 Å². The minimum absolute atomic E-state index is 0.0392. The summed E-state index contributed by atoms with van der Waals surface area (Å²) in [4.78, 5) is 32.8. The monoisotopic (exact) mass is 479 g/mol. The maximum atomic E-state index is 13.9. The molecule has 0 fully saturated rings. The first-order chi connectivity index (χ1) is 17.5. The van der Waals surface area contributed by atoms with Crippen molar-refractivity contribution in [1.29, 1.82) is 0 Å². The zero-order chi connectivity index (χ0) is 25.1. The minimum atomic E-state index is -0.339. The van der Waals surface area contributed by atoms with Crippen LogP contribution in [0.3, 0.4) is 0 Å². The molecule has 1 aromatic heterocycles. The second kappa shape index (κ2) is 10.3. The molecule has 6 nitrogen and oxygen atoms in total. The van der Waals surface area contributed by atoms with Crippen LogP contribution in [0.5, 0.6) is 0 Å². The Bertz CT molecular complexity index is 1370. The minimum Gasteiger partial charge on any atom is -0.465 e. The third-order valence-electron chi connectivity index (χ3n) is 6.79. The molecule has 1 aliphatic rings. The molecule has 0 bridgehead atoms.